The summed E-state index contributed by atoms with van der Waals surface area (Å²) in [6.07, 6.45) is 14.7. The Hall–Kier alpha value is -3.04. The zero-order chi connectivity index (χ0) is 46.2. The molecule has 0 amide bonds. The Kier molecular flexibility index (Phi) is 11.1. The molecule has 1 aromatic carbocycles. The number of carbonyl (C=O) groups is 2. The number of epoxide rings is 1. The first-order valence-corrected chi connectivity index (χ1v) is 25.9. The molecule has 5 heterocycles. The summed E-state index contributed by atoms with van der Waals surface area (Å²) < 4.78 is 14.3. The van der Waals surface area contributed by atoms with Crippen molar-refractivity contribution in [1.82, 2.24) is 9.55 Å². The van der Waals surface area contributed by atoms with E-state index in [1.807, 2.05) is 0 Å². The van der Waals surface area contributed by atoms with Crippen LogP contribution >= 0.6 is 0 Å². The number of rotatable bonds is 10. The van der Waals surface area contributed by atoms with Gasteiger partial charge in [0.15, 0.2) is 5.78 Å². The number of aliphatic hydroxyl groups excluding tert-OH is 2. The van der Waals surface area contributed by atoms with E-state index in [0.717, 1.165) is 94.9 Å². The molecule has 5 fully saturated rings. The van der Waals surface area contributed by atoms with Crippen molar-refractivity contribution in [3.63, 3.8) is 0 Å². The number of aromatic nitrogens is 2. The Morgan fingerprint density at radius 1 is 0.938 bits per heavy atom. The first-order valence-electron chi connectivity index (χ1n) is 25.9. The predicted molar refractivity (Wildman–Crippen MR) is 257 cm³/mol. The highest BCUT2D eigenvalue weighted by molar-refractivity contribution is 6.03. The number of unbranched alkanes of at least 4 members (excludes halogenated alkanes) is 2. The van der Waals surface area contributed by atoms with Gasteiger partial charge in [-0.1, -0.05) is 91.5 Å². The van der Waals surface area contributed by atoms with E-state index in [1.54, 1.807) is 0 Å². The van der Waals surface area contributed by atoms with E-state index in [0.29, 0.717) is 37.5 Å². The van der Waals surface area contributed by atoms with Gasteiger partial charge in [-0.25, -0.2) is 0 Å². The Morgan fingerprint density at radius 3 is 2.38 bits per heavy atom. The molecule has 354 valence electrons. The third-order valence-corrected chi connectivity index (χ3v) is 20.2. The number of fused-ring (bicyclic) bond motifs is 4. The third kappa shape index (κ3) is 6.84. The highest BCUT2D eigenvalue weighted by Gasteiger charge is 2.74. The lowest BCUT2D eigenvalue weighted by atomic mass is 9.33. The van der Waals surface area contributed by atoms with E-state index < -0.39 is 34.1 Å². The average Bonchev–Trinajstić information content (AvgIpc) is 3.47. The molecule has 2 saturated heterocycles. The van der Waals surface area contributed by atoms with Crippen LogP contribution in [0.4, 0.5) is 0 Å². The van der Waals surface area contributed by atoms with E-state index in [-0.39, 0.29) is 46.4 Å². The minimum absolute atomic E-state index is 0.103. The Morgan fingerprint density at radius 2 is 1.68 bits per heavy atom. The maximum absolute atomic E-state index is 16.1. The summed E-state index contributed by atoms with van der Waals surface area (Å²) in [5.74, 6) is 0.644. The molecule has 0 radical (unpaired) electrons. The fourth-order valence-electron chi connectivity index (χ4n) is 16.8. The summed E-state index contributed by atoms with van der Waals surface area (Å²) in [7, 11) is 0. The number of aliphatic hydroxyl groups is 2. The number of carbonyl (C=O) groups excluding carboxylic acids is 2. The number of benzene rings is 1. The van der Waals surface area contributed by atoms with E-state index >= 15 is 4.79 Å². The fourth-order valence-corrected chi connectivity index (χ4v) is 16.8. The van der Waals surface area contributed by atoms with E-state index in [9.17, 15) is 15.0 Å². The fraction of sp³-hybridized carbons (Fsp3) is 0.719. The number of nitrogens with zero attached hydrogens (tertiary/aromatic N) is 1. The van der Waals surface area contributed by atoms with E-state index in [2.05, 4.69) is 109 Å². The SMILES string of the molecule is CCCCCC1C(=O)C2=C3C(Cn4cc(Cc5cc(C)cc(C6CCOCC6)c5)c5[nH]cc(c54)CCC2(C)CC(O)C2OC2(C)C)C(O)C2C4(C)CCC(=O)C(C)(C)C4CCC2(C)C31C. The minimum atomic E-state index is -0.724. The maximum Gasteiger partial charge on any atom is 0.163 e. The van der Waals surface area contributed by atoms with Crippen LogP contribution in [0.1, 0.15) is 173 Å². The Balaban J connectivity index is 1.16. The summed E-state index contributed by atoms with van der Waals surface area (Å²) in [4.78, 5) is 33.7. The zero-order valence-corrected chi connectivity index (χ0v) is 41.5. The molecule has 10 rings (SSSR count). The summed E-state index contributed by atoms with van der Waals surface area (Å²) in [5.41, 5.74) is 8.26. The van der Waals surface area contributed by atoms with Crippen LogP contribution in [0.15, 0.2) is 41.7 Å². The lowest BCUT2D eigenvalue weighted by Gasteiger charge is -2.70. The molecule has 3 N–H and O–H groups in total. The van der Waals surface area contributed by atoms with E-state index in [1.165, 1.54) is 38.9 Å². The highest BCUT2D eigenvalue weighted by Crippen LogP contribution is 2.77. The second-order valence-electron chi connectivity index (χ2n) is 24.8. The molecule has 8 nitrogen and oxygen atoms in total. The van der Waals surface area contributed by atoms with Gasteiger partial charge in [0.05, 0.1) is 28.8 Å². The third-order valence-electron chi connectivity index (χ3n) is 20.2. The molecule has 0 spiro atoms. The highest BCUT2D eigenvalue weighted by atomic mass is 16.6. The lowest BCUT2D eigenvalue weighted by Crippen LogP contribution is -2.68. The van der Waals surface area contributed by atoms with Gasteiger partial charge in [0.25, 0.3) is 0 Å². The molecular formula is C57H80N2O6. The van der Waals surface area contributed by atoms with Gasteiger partial charge in [-0.3, -0.25) is 9.59 Å². The number of ketones is 2. The molecule has 7 aliphatic rings. The van der Waals surface area contributed by atoms with Crippen molar-refractivity contribution >= 4 is 22.6 Å². The van der Waals surface area contributed by atoms with Crippen molar-refractivity contribution in [3.05, 3.63) is 69.6 Å². The molecule has 3 aliphatic heterocycles. The van der Waals surface area contributed by atoms with Crippen LogP contribution in [0, 0.1) is 57.7 Å². The number of aryl methyl sites for hydroxylation is 2. The lowest BCUT2D eigenvalue weighted by molar-refractivity contribution is -0.227. The molecule has 4 aliphatic carbocycles. The molecule has 8 heteroatoms. The van der Waals surface area contributed by atoms with Crippen molar-refractivity contribution < 1.29 is 29.3 Å². The summed E-state index contributed by atoms with van der Waals surface area (Å²) in [6.45, 7) is 24.7. The van der Waals surface area contributed by atoms with Crippen LogP contribution < -0.4 is 0 Å². The van der Waals surface area contributed by atoms with Gasteiger partial charge < -0.3 is 29.2 Å². The quantitative estimate of drug-likeness (QED) is 0.138. The van der Waals surface area contributed by atoms with Crippen molar-refractivity contribution in [2.24, 2.45) is 50.7 Å². The van der Waals surface area contributed by atoms with Crippen LogP contribution in [0.25, 0.3) is 11.0 Å². The number of aromatic amines is 1. The van der Waals surface area contributed by atoms with Crippen LogP contribution in [0.5, 0.6) is 0 Å². The second-order valence-corrected chi connectivity index (χ2v) is 24.8. The van der Waals surface area contributed by atoms with Crippen molar-refractivity contribution in [2.45, 2.75) is 196 Å². The molecule has 65 heavy (non-hydrogen) atoms. The van der Waals surface area contributed by atoms with E-state index in [4.69, 9.17) is 9.47 Å². The first-order chi connectivity index (χ1) is 30.7. The van der Waals surface area contributed by atoms with Crippen molar-refractivity contribution in [1.29, 1.82) is 0 Å². The molecule has 3 saturated carbocycles. The van der Waals surface area contributed by atoms with Gasteiger partial charge in [-0.2, -0.15) is 0 Å². The largest absolute Gasteiger partial charge is 0.392 e. The van der Waals surface area contributed by atoms with Crippen LogP contribution in [0.2, 0.25) is 0 Å². The van der Waals surface area contributed by atoms with Crippen LogP contribution in [-0.2, 0) is 38.4 Å². The van der Waals surface area contributed by atoms with Crippen LogP contribution in [0.3, 0.4) is 0 Å². The van der Waals surface area contributed by atoms with Gasteiger partial charge in [0, 0.05) is 73.2 Å². The number of hydrogen-bond acceptors (Lipinski definition) is 6. The molecular weight excluding hydrogens is 809 g/mol. The number of H-pyrrole nitrogens is 1. The van der Waals surface area contributed by atoms with Gasteiger partial charge in [0.2, 0.25) is 0 Å². The number of hydrogen-bond donors (Lipinski definition) is 3. The van der Waals surface area contributed by atoms with Gasteiger partial charge in [0.1, 0.15) is 11.9 Å². The minimum Gasteiger partial charge on any atom is -0.392 e. The van der Waals surface area contributed by atoms with Crippen LogP contribution in [-0.4, -0.2) is 68.5 Å². The standard InChI is InChI=1S/C57H80N2O6/c1-11-12-13-14-40-49(63)45-44-39(48(62)50-55(8)21-17-43(61)52(3,4)42(55)16-22-56(50,9)57(40,44)10)32-59-31-38(28-34-25-33(2)26-37(27-34)35-18-23-64-24-19-35)46-47(59)36(30-58-46)15-20-54(45,7)29-41(60)51-53(5,6)65-51/h25-27,30-31,35,39-42,48,50-51,58,60,62H,11-24,28-29,32H2,1-10H3. The smallest absolute Gasteiger partial charge is 0.163 e. The Labute approximate surface area is 389 Å². The van der Waals surface area contributed by atoms with Crippen molar-refractivity contribution in [3.8, 4) is 0 Å². The molecule has 2 aromatic heterocycles. The zero-order valence-electron chi connectivity index (χ0n) is 41.5. The summed E-state index contributed by atoms with van der Waals surface area (Å²) in [5, 5.41) is 26.0. The molecule has 0 bridgehead atoms. The van der Waals surface area contributed by atoms with Gasteiger partial charge in [-0.05, 0) is 140 Å². The van der Waals surface area contributed by atoms with Gasteiger partial charge >= 0.3 is 0 Å². The summed E-state index contributed by atoms with van der Waals surface area (Å²) >= 11 is 0. The number of allylic oxidation sites excluding steroid dienone is 1. The van der Waals surface area contributed by atoms with Gasteiger partial charge in [-0.15, -0.1) is 0 Å². The first kappa shape index (κ1) is 45.7. The number of Topliss-reactive ketones (excluding diaryl/α,β-unsaturated/α-hetero) is 2. The molecule has 3 aromatic rings. The Bertz CT molecular complexity index is 2410. The normalized spacial score (nSPS) is 38.1. The predicted octanol–water partition coefficient (Wildman–Crippen LogP) is 11.1. The summed E-state index contributed by atoms with van der Waals surface area (Å²) in [6, 6.07) is 7.14. The van der Waals surface area contributed by atoms with Crippen molar-refractivity contribution in [2.75, 3.05) is 13.2 Å². The number of ether oxygens (including phenoxy) is 2. The number of nitrogens with one attached hydrogen (secondary N) is 1. The second kappa shape index (κ2) is 15.8. The topological polar surface area (TPSA) is 117 Å². The maximum atomic E-state index is 16.1. The molecule has 11 unspecified atom stereocenters. The monoisotopic (exact) mass is 889 g/mol. The average molecular weight is 889 g/mol. The molecule has 11 atom stereocenters.